The number of ether oxygens (including phenoxy) is 3. The summed E-state index contributed by atoms with van der Waals surface area (Å²) in [5.74, 6) is -0.970. The number of carbonyl (C=O) groups excluding carboxylic acids is 3. The Balaban J connectivity index is 4.49. The average molecular weight is 948 g/mol. The van der Waals surface area contributed by atoms with Gasteiger partial charge in [0.15, 0.2) is 6.10 Å². The predicted octanol–water partition coefficient (Wildman–Crippen LogP) is 19.2. The van der Waals surface area contributed by atoms with Crippen LogP contribution < -0.4 is 0 Å². The van der Waals surface area contributed by atoms with Crippen LogP contribution in [0, 0.1) is 0 Å². The molecule has 68 heavy (non-hydrogen) atoms. The quantitative estimate of drug-likeness (QED) is 0.0262. The van der Waals surface area contributed by atoms with Gasteiger partial charge in [0.25, 0.3) is 0 Å². The molecule has 6 nitrogen and oxygen atoms in total. The van der Waals surface area contributed by atoms with Crippen LogP contribution >= 0.6 is 0 Å². The highest BCUT2D eigenvalue weighted by Gasteiger charge is 2.19. The zero-order chi connectivity index (χ0) is 49.3. The molecule has 0 saturated heterocycles. The smallest absolute Gasteiger partial charge is 0.306 e. The van der Waals surface area contributed by atoms with Crippen LogP contribution in [0.15, 0.2) is 85.1 Å². The number of unbranched alkanes of at least 4 members (excludes halogenated alkanes) is 26. The van der Waals surface area contributed by atoms with E-state index in [2.05, 4.69) is 106 Å². The normalized spacial score (nSPS) is 12.7. The Bertz CT molecular complexity index is 1320. The van der Waals surface area contributed by atoms with Gasteiger partial charge in [-0.25, -0.2) is 0 Å². The molecular formula is C62H106O6. The van der Waals surface area contributed by atoms with Crippen molar-refractivity contribution in [3.63, 3.8) is 0 Å². The van der Waals surface area contributed by atoms with Gasteiger partial charge >= 0.3 is 17.9 Å². The van der Waals surface area contributed by atoms with Gasteiger partial charge in [-0.3, -0.25) is 14.4 Å². The third-order valence-electron chi connectivity index (χ3n) is 12.1. The molecule has 0 heterocycles. The summed E-state index contributed by atoms with van der Waals surface area (Å²) in [6, 6.07) is 0. The molecule has 390 valence electrons. The Hall–Kier alpha value is -3.41. The molecule has 0 aliphatic carbocycles. The number of hydrogen-bond acceptors (Lipinski definition) is 6. The number of allylic oxidation sites excluding steroid dienone is 14. The number of rotatable bonds is 51. The lowest BCUT2D eigenvalue weighted by molar-refractivity contribution is -0.167. The van der Waals surface area contributed by atoms with Crippen molar-refractivity contribution in [2.75, 3.05) is 13.2 Å². The first kappa shape index (κ1) is 64.6. The van der Waals surface area contributed by atoms with Gasteiger partial charge in [-0.2, -0.15) is 0 Å². The molecule has 6 heteroatoms. The van der Waals surface area contributed by atoms with Gasteiger partial charge in [-0.15, -0.1) is 0 Å². The topological polar surface area (TPSA) is 78.9 Å². The second-order valence-electron chi connectivity index (χ2n) is 18.8. The Labute approximate surface area is 420 Å². The van der Waals surface area contributed by atoms with Gasteiger partial charge in [0, 0.05) is 19.3 Å². The maximum atomic E-state index is 12.9. The first-order valence-electron chi connectivity index (χ1n) is 28.6. The summed E-state index contributed by atoms with van der Waals surface area (Å²) in [4.78, 5) is 38.1. The molecule has 0 radical (unpaired) electrons. The lowest BCUT2D eigenvalue weighted by Gasteiger charge is -2.18. The summed E-state index contributed by atoms with van der Waals surface area (Å²) >= 11 is 0. The molecule has 1 unspecified atom stereocenters. The molecule has 0 rings (SSSR count). The lowest BCUT2D eigenvalue weighted by atomic mass is 10.1. The molecule has 0 spiro atoms. The van der Waals surface area contributed by atoms with Crippen LogP contribution in [0.2, 0.25) is 0 Å². The summed E-state index contributed by atoms with van der Waals surface area (Å²) in [5, 5.41) is 0. The van der Waals surface area contributed by atoms with E-state index in [0.717, 1.165) is 83.5 Å². The van der Waals surface area contributed by atoms with E-state index in [9.17, 15) is 14.4 Å². The van der Waals surface area contributed by atoms with E-state index in [1.807, 2.05) is 0 Å². The third-order valence-corrected chi connectivity index (χ3v) is 12.1. The molecule has 0 bridgehead atoms. The monoisotopic (exact) mass is 947 g/mol. The van der Waals surface area contributed by atoms with Gasteiger partial charge in [0.2, 0.25) is 0 Å². The van der Waals surface area contributed by atoms with Crippen LogP contribution in [0.4, 0.5) is 0 Å². The van der Waals surface area contributed by atoms with Crippen molar-refractivity contribution in [1.29, 1.82) is 0 Å². The molecular weight excluding hydrogens is 841 g/mol. The fraction of sp³-hybridized carbons (Fsp3) is 0.726. The highest BCUT2D eigenvalue weighted by atomic mass is 16.6. The van der Waals surface area contributed by atoms with Crippen LogP contribution in [0.25, 0.3) is 0 Å². The molecule has 1 atom stereocenters. The van der Waals surface area contributed by atoms with Crippen molar-refractivity contribution in [3.8, 4) is 0 Å². The molecule has 0 fully saturated rings. The van der Waals surface area contributed by atoms with Crippen molar-refractivity contribution in [2.45, 2.75) is 277 Å². The predicted molar refractivity (Wildman–Crippen MR) is 293 cm³/mol. The zero-order valence-corrected chi connectivity index (χ0v) is 44.6. The zero-order valence-electron chi connectivity index (χ0n) is 44.6. The van der Waals surface area contributed by atoms with E-state index >= 15 is 0 Å². The third kappa shape index (κ3) is 53.5. The van der Waals surface area contributed by atoms with Crippen LogP contribution in [-0.2, 0) is 28.6 Å². The summed E-state index contributed by atoms with van der Waals surface area (Å²) < 4.78 is 16.8. The second kappa shape index (κ2) is 56.2. The molecule has 0 aliphatic heterocycles. The van der Waals surface area contributed by atoms with Crippen molar-refractivity contribution in [3.05, 3.63) is 85.1 Å². The molecule has 0 amide bonds. The van der Waals surface area contributed by atoms with Gasteiger partial charge in [0.1, 0.15) is 13.2 Å². The number of hydrogen-bond donors (Lipinski definition) is 0. The Kier molecular flexibility index (Phi) is 53.4. The van der Waals surface area contributed by atoms with E-state index in [4.69, 9.17) is 14.2 Å². The van der Waals surface area contributed by atoms with Crippen molar-refractivity contribution in [1.82, 2.24) is 0 Å². The Morgan fingerprint density at radius 2 is 0.544 bits per heavy atom. The van der Waals surface area contributed by atoms with Crippen molar-refractivity contribution < 1.29 is 28.6 Å². The summed E-state index contributed by atoms with van der Waals surface area (Å²) in [5.41, 5.74) is 0. The van der Waals surface area contributed by atoms with E-state index < -0.39 is 6.10 Å². The summed E-state index contributed by atoms with van der Waals surface area (Å²) in [6.45, 7) is 6.53. The molecule has 0 aliphatic rings. The number of carbonyl (C=O) groups is 3. The molecule has 0 saturated carbocycles. The van der Waals surface area contributed by atoms with E-state index in [1.165, 1.54) is 141 Å². The minimum absolute atomic E-state index is 0.101. The molecule has 0 N–H and O–H groups in total. The SMILES string of the molecule is CCCCC/C=C\C/C=C\C/C=C\C/C=C\CCCC(=O)OCC(COC(=O)CCCCCCC/C=C\CCCCCCCCC)OC(=O)CCCCCCCCC/C=C\C/C=C\CCCCC. The first-order chi connectivity index (χ1) is 33.5. The van der Waals surface area contributed by atoms with Crippen molar-refractivity contribution in [2.24, 2.45) is 0 Å². The van der Waals surface area contributed by atoms with Crippen molar-refractivity contribution >= 4 is 17.9 Å². The maximum Gasteiger partial charge on any atom is 0.306 e. The number of esters is 3. The lowest BCUT2D eigenvalue weighted by Crippen LogP contribution is -2.30. The maximum absolute atomic E-state index is 12.9. The Morgan fingerprint density at radius 1 is 0.294 bits per heavy atom. The van der Waals surface area contributed by atoms with Gasteiger partial charge in [-0.1, -0.05) is 221 Å². The van der Waals surface area contributed by atoms with Gasteiger partial charge < -0.3 is 14.2 Å². The average Bonchev–Trinajstić information content (AvgIpc) is 3.34. The van der Waals surface area contributed by atoms with E-state index in [0.29, 0.717) is 19.3 Å². The minimum atomic E-state index is -0.807. The van der Waals surface area contributed by atoms with Crippen LogP contribution in [0.5, 0.6) is 0 Å². The fourth-order valence-corrected chi connectivity index (χ4v) is 7.75. The summed E-state index contributed by atoms with van der Waals surface area (Å²) in [7, 11) is 0. The van der Waals surface area contributed by atoms with Gasteiger partial charge in [-0.05, 0) is 116 Å². The van der Waals surface area contributed by atoms with E-state index in [1.54, 1.807) is 0 Å². The largest absolute Gasteiger partial charge is 0.462 e. The van der Waals surface area contributed by atoms with Crippen LogP contribution in [0.3, 0.4) is 0 Å². The summed E-state index contributed by atoms with van der Waals surface area (Å²) in [6.07, 6.45) is 72.8. The van der Waals surface area contributed by atoms with Crippen LogP contribution in [0.1, 0.15) is 271 Å². The fourth-order valence-electron chi connectivity index (χ4n) is 7.75. The van der Waals surface area contributed by atoms with Crippen LogP contribution in [-0.4, -0.2) is 37.2 Å². The first-order valence-corrected chi connectivity index (χ1v) is 28.6. The van der Waals surface area contributed by atoms with E-state index in [-0.39, 0.29) is 37.5 Å². The molecule has 0 aromatic rings. The Morgan fingerprint density at radius 3 is 0.926 bits per heavy atom. The highest BCUT2D eigenvalue weighted by Crippen LogP contribution is 2.14. The molecule has 0 aromatic carbocycles. The van der Waals surface area contributed by atoms with Gasteiger partial charge in [0.05, 0.1) is 0 Å². The molecule has 0 aromatic heterocycles. The highest BCUT2D eigenvalue weighted by molar-refractivity contribution is 5.71. The minimum Gasteiger partial charge on any atom is -0.462 e. The standard InChI is InChI=1S/C62H106O6/c1-4-7-10-13-16-19-22-25-28-31-34-37-40-43-46-49-52-55-61(64)67-58-59(57-66-60(63)54-51-48-45-42-39-36-33-30-27-24-21-18-15-12-9-6-3)68-62(65)56-53-50-47-44-41-38-35-32-29-26-23-20-17-14-11-8-5-2/h16-17,19-20,25-26,28-30,33-34,37,43,46,59H,4-15,18,21-24,27,31-32,35-36,38-42,44-45,47-58H2,1-3H3/b19-16-,20-17-,28-25-,29-26-,33-30-,37-34-,46-43-. The second-order valence-corrected chi connectivity index (χ2v) is 18.8.